The molecular weight excluding hydrogens is 332 g/mol. The highest BCUT2D eigenvalue weighted by atomic mass is 16.3. The Balaban J connectivity index is 2.06. The number of primary amides is 1. The number of benzene rings is 1. The van der Waals surface area contributed by atoms with Crippen LogP contribution in [0.2, 0.25) is 0 Å². The Morgan fingerprint density at radius 1 is 1.35 bits per heavy atom. The number of nitrogens with one attached hydrogen (secondary N) is 2. The monoisotopic (exact) mass is 358 g/mol. The molecule has 0 radical (unpaired) electrons. The van der Waals surface area contributed by atoms with Crippen LogP contribution in [0.15, 0.2) is 42.1 Å². The number of hydrogen-bond acceptors (Lipinski definition) is 5. The number of carbonyl (C=O) groups excluding carboxylic acids is 2. The minimum atomic E-state index is -1.17. The Morgan fingerprint density at radius 2 is 2.04 bits per heavy atom. The first kappa shape index (κ1) is 18.4. The Bertz CT molecular complexity index is 721. The molecule has 1 unspecified atom stereocenters. The standard InChI is InChI=1S/C19H26N4O3/c1-12(13-6-4-3-5-7-13)23-19(18(20)26,14-8-9-15(24)10-14)11-16(22-23)17(25)21-2/h3-7,11-12,14-15,22,24H,8-10H2,1-2H3,(H2,20,26)(H,21,25)/t12-,14-,15+,19?/m0/s1. The van der Waals surface area contributed by atoms with Gasteiger partial charge in [-0.15, -0.1) is 0 Å². The lowest BCUT2D eigenvalue weighted by molar-refractivity contribution is -0.134. The minimum absolute atomic E-state index is 0.171. The second-order valence-electron chi connectivity index (χ2n) is 7.06. The minimum Gasteiger partial charge on any atom is -0.393 e. The van der Waals surface area contributed by atoms with Crippen molar-refractivity contribution in [3.05, 3.63) is 47.7 Å². The van der Waals surface area contributed by atoms with E-state index in [1.165, 1.54) is 0 Å². The first-order valence-electron chi connectivity index (χ1n) is 8.94. The second kappa shape index (κ2) is 7.09. The lowest BCUT2D eigenvalue weighted by atomic mass is 9.80. The maximum Gasteiger partial charge on any atom is 0.268 e. The number of hydrazine groups is 1. The normalized spacial score (nSPS) is 29.7. The Hall–Kier alpha value is -2.38. The van der Waals surface area contributed by atoms with Gasteiger partial charge in [-0.05, 0) is 43.7 Å². The number of rotatable bonds is 5. The van der Waals surface area contributed by atoms with E-state index in [4.69, 9.17) is 5.73 Å². The van der Waals surface area contributed by atoms with Crippen molar-refractivity contribution in [2.45, 2.75) is 43.9 Å². The molecule has 5 N–H and O–H groups in total. The van der Waals surface area contributed by atoms with Gasteiger partial charge in [-0.2, -0.15) is 5.01 Å². The number of hydrogen-bond donors (Lipinski definition) is 4. The van der Waals surface area contributed by atoms with E-state index < -0.39 is 17.6 Å². The highest BCUT2D eigenvalue weighted by Gasteiger charge is 2.55. The molecule has 0 saturated heterocycles. The van der Waals surface area contributed by atoms with Gasteiger partial charge in [0.05, 0.1) is 12.1 Å². The summed E-state index contributed by atoms with van der Waals surface area (Å²) >= 11 is 0. The van der Waals surface area contributed by atoms with Gasteiger partial charge in [-0.25, -0.2) is 0 Å². The van der Waals surface area contributed by atoms with Crippen molar-refractivity contribution >= 4 is 11.8 Å². The summed E-state index contributed by atoms with van der Waals surface area (Å²) in [6.45, 7) is 1.96. The molecule has 0 aromatic heterocycles. The average Bonchev–Trinajstić information content (AvgIpc) is 3.26. The van der Waals surface area contributed by atoms with E-state index in [-0.39, 0.29) is 17.9 Å². The van der Waals surface area contributed by atoms with E-state index in [0.717, 1.165) is 5.56 Å². The number of carbonyl (C=O) groups is 2. The first-order chi connectivity index (χ1) is 12.4. The molecule has 2 amide bonds. The molecule has 1 aliphatic carbocycles. The third-order valence-corrected chi connectivity index (χ3v) is 5.57. The molecule has 3 rings (SSSR count). The maximum absolute atomic E-state index is 12.7. The summed E-state index contributed by atoms with van der Waals surface area (Å²) in [7, 11) is 1.54. The summed E-state index contributed by atoms with van der Waals surface area (Å²) in [5, 5.41) is 14.4. The van der Waals surface area contributed by atoms with Crippen LogP contribution in [-0.2, 0) is 9.59 Å². The molecule has 7 nitrogen and oxygen atoms in total. The molecule has 1 fully saturated rings. The van der Waals surface area contributed by atoms with Gasteiger partial charge >= 0.3 is 0 Å². The largest absolute Gasteiger partial charge is 0.393 e. The van der Waals surface area contributed by atoms with Gasteiger partial charge in [-0.1, -0.05) is 30.3 Å². The van der Waals surface area contributed by atoms with Gasteiger partial charge in [-0.3, -0.25) is 9.59 Å². The maximum atomic E-state index is 12.7. The first-order valence-corrected chi connectivity index (χ1v) is 8.94. The predicted octanol–water partition coefficient (Wildman–Crippen LogP) is 0.583. The van der Waals surface area contributed by atoms with E-state index >= 15 is 0 Å². The van der Waals surface area contributed by atoms with Crippen molar-refractivity contribution in [3.8, 4) is 0 Å². The molecule has 1 aromatic carbocycles. The highest BCUT2D eigenvalue weighted by molar-refractivity contribution is 5.97. The summed E-state index contributed by atoms with van der Waals surface area (Å²) in [5.74, 6) is -1.00. The van der Waals surface area contributed by atoms with Crippen LogP contribution in [0.25, 0.3) is 0 Å². The molecule has 4 atom stereocenters. The number of amides is 2. The SMILES string of the molecule is CNC(=O)C1=CC(C(N)=O)([C@H]2CC[C@@H](O)C2)N([C@@H](C)c2ccccc2)N1. The molecule has 1 aromatic rings. The Labute approximate surface area is 153 Å². The third kappa shape index (κ3) is 2.97. The van der Waals surface area contributed by atoms with Crippen molar-refractivity contribution in [1.29, 1.82) is 0 Å². The third-order valence-electron chi connectivity index (χ3n) is 5.57. The zero-order valence-electron chi connectivity index (χ0n) is 15.1. The van der Waals surface area contributed by atoms with Crippen LogP contribution in [0.4, 0.5) is 0 Å². The zero-order valence-corrected chi connectivity index (χ0v) is 15.1. The van der Waals surface area contributed by atoms with Crippen LogP contribution in [0, 0.1) is 5.92 Å². The molecular formula is C19H26N4O3. The molecule has 1 heterocycles. The summed E-state index contributed by atoms with van der Waals surface area (Å²) in [6.07, 6.45) is 2.94. The molecule has 7 heteroatoms. The van der Waals surface area contributed by atoms with Crippen molar-refractivity contribution in [2.75, 3.05) is 7.05 Å². The lowest BCUT2D eigenvalue weighted by Gasteiger charge is -2.42. The fourth-order valence-electron chi connectivity index (χ4n) is 4.16. The van der Waals surface area contributed by atoms with Crippen LogP contribution in [-0.4, -0.2) is 40.6 Å². The van der Waals surface area contributed by atoms with Crippen LogP contribution in [0.3, 0.4) is 0 Å². The number of aliphatic hydroxyl groups excluding tert-OH is 1. The van der Waals surface area contributed by atoms with Crippen LogP contribution in [0.1, 0.15) is 37.8 Å². The summed E-state index contributed by atoms with van der Waals surface area (Å²) in [5.41, 5.74) is 9.12. The van der Waals surface area contributed by atoms with Crippen molar-refractivity contribution in [3.63, 3.8) is 0 Å². The summed E-state index contributed by atoms with van der Waals surface area (Å²) in [4.78, 5) is 24.9. The van der Waals surface area contributed by atoms with E-state index in [0.29, 0.717) is 25.0 Å². The second-order valence-corrected chi connectivity index (χ2v) is 7.06. The Morgan fingerprint density at radius 3 is 2.58 bits per heavy atom. The van der Waals surface area contributed by atoms with Crippen LogP contribution >= 0.6 is 0 Å². The van der Waals surface area contributed by atoms with E-state index in [2.05, 4.69) is 10.7 Å². The smallest absolute Gasteiger partial charge is 0.268 e. The lowest BCUT2D eigenvalue weighted by Crippen LogP contribution is -2.61. The number of aliphatic hydroxyl groups is 1. The number of nitrogens with zero attached hydrogens (tertiary/aromatic N) is 1. The van der Waals surface area contributed by atoms with Gasteiger partial charge in [0.15, 0.2) is 0 Å². The fourth-order valence-corrected chi connectivity index (χ4v) is 4.16. The van der Waals surface area contributed by atoms with Crippen molar-refractivity contribution in [2.24, 2.45) is 11.7 Å². The molecule has 0 bridgehead atoms. The molecule has 2 aliphatic rings. The number of likely N-dealkylation sites (N-methyl/N-ethyl adjacent to an activating group) is 1. The van der Waals surface area contributed by atoms with Gasteiger partial charge in [0, 0.05) is 7.05 Å². The zero-order chi connectivity index (χ0) is 18.9. The quantitative estimate of drug-likeness (QED) is 0.616. The molecule has 1 saturated carbocycles. The van der Waals surface area contributed by atoms with Gasteiger partial charge < -0.3 is 21.6 Å². The fraction of sp³-hybridized carbons (Fsp3) is 0.474. The van der Waals surface area contributed by atoms with Crippen LogP contribution in [0.5, 0.6) is 0 Å². The molecule has 140 valence electrons. The molecule has 0 spiro atoms. The topological polar surface area (TPSA) is 108 Å². The molecule has 1 aliphatic heterocycles. The average molecular weight is 358 g/mol. The van der Waals surface area contributed by atoms with Crippen molar-refractivity contribution < 1.29 is 14.7 Å². The van der Waals surface area contributed by atoms with E-state index in [1.54, 1.807) is 18.1 Å². The Kier molecular flexibility index (Phi) is 5.02. The highest BCUT2D eigenvalue weighted by Crippen LogP contribution is 2.44. The van der Waals surface area contributed by atoms with E-state index in [9.17, 15) is 14.7 Å². The van der Waals surface area contributed by atoms with Gasteiger partial charge in [0.25, 0.3) is 5.91 Å². The van der Waals surface area contributed by atoms with Crippen molar-refractivity contribution in [1.82, 2.24) is 15.8 Å². The van der Waals surface area contributed by atoms with Gasteiger partial charge in [0.1, 0.15) is 11.2 Å². The summed E-state index contributed by atoms with van der Waals surface area (Å²) in [6, 6.07) is 9.52. The summed E-state index contributed by atoms with van der Waals surface area (Å²) < 4.78 is 0. The van der Waals surface area contributed by atoms with Crippen LogP contribution < -0.4 is 16.5 Å². The van der Waals surface area contributed by atoms with Gasteiger partial charge in [0.2, 0.25) is 5.91 Å². The number of nitrogens with two attached hydrogens (primary N) is 1. The van der Waals surface area contributed by atoms with E-state index in [1.807, 2.05) is 37.3 Å². The molecule has 26 heavy (non-hydrogen) atoms. The predicted molar refractivity (Wildman–Crippen MR) is 97.3 cm³/mol.